The molecule has 0 aliphatic heterocycles. The number of nitrogens with one attached hydrogen (secondary N) is 1. The molecule has 4 atom stereocenters. The van der Waals surface area contributed by atoms with Gasteiger partial charge in [-0.05, 0) is 74.1 Å². The van der Waals surface area contributed by atoms with Crippen molar-refractivity contribution in [2.45, 2.75) is 38.0 Å². The smallest absolute Gasteiger partial charge is 0.123 e. The van der Waals surface area contributed by atoms with Crippen molar-refractivity contribution in [2.24, 2.45) is 17.8 Å². The monoisotopic (exact) mass is 261 g/mol. The Bertz CT molecular complexity index is 431. The van der Waals surface area contributed by atoms with Gasteiger partial charge in [0.05, 0.1) is 0 Å². The molecular formula is C17H24FN. The van der Waals surface area contributed by atoms with Gasteiger partial charge < -0.3 is 5.32 Å². The van der Waals surface area contributed by atoms with E-state index in [4.69, 9.17) is 0 Å². The van der Waals surface area contributed by atoms with E-state index < -0.39 is 0 Å². The van der Waals surface area contributed by atoms with Gasteiger partial charge in [-0.2, -0.15) is 0 Å². The number of fused-ring (bicyclic) bond motifs is 2. The molecule has 2 fully saturated rings. The van der Waals surface area contributed by atoms with Crippen molar-refractivity contribution in [3.8, 4) is 0 Å². The third-order valence-electron chi connectivity index (χ3n) is 5.24. The van der Waals surface area contributed by atoms with Crippen LogP contribution in [0.15, 0.2) is 24.3 Å². The van der Waals surface area contributed by atoms with Crippen LogP contribution in [0.5, 0.6) is 0 Å². The van der Waals surface area contributed by atoms with Crippen molar-refractivity contribution >= 4 is 0 Å². The number of halogens is 1. The van der Waals surface area contributed by atoms with E-state index in [-0.39, 0.29) is 5.82 Å². The Morgan fingerprint density at radius 1 is 1.32 bits per heavy atom. The van der Waals surface area contributed by atoms with E-state index in [0.717, 1.165) is 29.9 Å². The fourth-order valence-corrected chi connectivity index (χ4v) is 4.37. The lowest BCUT2D eigenvalue weighted by molar-refractivity contribution is 0.292. The average molecular weight is 261 g/mol. The van der Waals surface area contributed by atoms with Crippen LogP contribution in [-0.4, -0.2) is 13.6 Å². The molecule has 1 N–H and O–H groups in total. The molecule has 0 aromatic heterocycles. The summed E-state index contributed by atoms with van der Waals surface area (Å²) in [5.41, 5.74) is 1.16. The quantitative estimate of drug-likeness (QED) is 0.846. The molecule has 0 amide bonds. The van der Waals surface area contributed by atoms with E-state index in [9.17, 15) is 4.39 Å². The van der Waals surface area contributed by atoms with Crippen LogP contribution >= 0.6 is 0 Å². The van der Waals surface area contributed by atoms with E-state index in [1.807, 2.05) is 13.1 Å². The zero-order valence-electron chi connectivity index (χ0n) is 11.7. The van der Waals surface area contributed by atoms with Gasteiger partial charge in [-0.3, -0.25) is 0 Å². The molecule has 1 nitrogen and oxygen atoms in total. The second-order valence-electron chi connectivity index (χ2n) is 6.48. The number of rotatable bonds is 5. The van der Waals surface area contributed by atoms with Crippen LogP contribution in [-0.2, 0) is 0 Å². The van der Waals surface area contributed by atoms with Crippen LogP contribution in [0.25, 0.3) is 0 Å². The number of hydrogen-bond acceptors (Lipinski definition) is 1. The van der Waals surface area contributed by atoms with Crippen LogP contribution in [0, 0.1) is 23.6 Å². The van der Waals surface area contributed by atoms with Crippen LogP contribution in [0.1, 0.15) is 43.6 Å². The van der Waals surface area contributed by atoms with Gasteiger partial charge in [0, 0.05) is 6.54 Å². The molecule has 0 radical (unpaired) electrons. The molecule has 0 heterocycles. The first-order valence-electron chi connectivity index (χ1n) is 7.66. The Morgan fingerprint density at radius 3 is 2.84 bits per heavy atom. The molecule has 2 saturated carbocycles. The van der Waals surface area contributed by atoms with Crippen LogP contribution in [0.4, 0.5) is 4.39 Å². The van der Waals surface area contributed by atoms with Gasteiger partial charge in [-0.1, -0.05) is 18.6 Å². The van der Waals surface area contributed by atoms with Crippen molar-refractivity contribution in [3.05, 3.63) is 35.6 Å². The molecule has 2 aliphatic rings. The van der Waals surface area contributed by atoms with Crippen molar-refractivity contribution < 1.29 is 4.39 Å². The highest BCUT2D eigenvalue weighted by Crippen LogP contribution is 2.51. The summed E-state index contributed by atoms with van der Waals surface area (Å²) in [5, 5.41) is 3.28. The molecular weight excluding hydrogens is 237 g/mol. The van der Waals surface area contributed by atoms with E-state index in [2.05, 4.69) is 11.4 Å². The first kappa shape index (κ1) is 13.1. The second-order valence-corrected chi connectivity index (χ2v) is 6.48. The van der Waals surface area contributed by atoms with Crippen LogP contribution in [0.3, 0.4) is 0 Å². The predicted molar refractivity (Wildman–Crippen MR) is 76.6 cm³/mol. The van der Waals surface area contributed by atoms with Crippen molar-refractivity contribution in [3.63, 3.8) is 0 Å². The molecule has 4 unspecified atom stereocenters. The molecule has 0 saturated heterocycles. The van der Waals surface area contributed by atoms with Gasteiger partial charge in [-0.25, -0.2) is 4.39 Å². The molecule has 2 heteroatoms. The molecule has 2 bridgehead atoms. The number of benzene rings is 1. The molecule has 3 rings (SSSR count). The maximum absolute atomic E-state index is 13.4. The number of likely N-dealkylation sites (N-methyl/N-ethyl adjacent to an activating group) is 1. The Morgan fingerprint density at radius 2 is 2.21 bits per heavy atom. The zero-order valence-corrected chi connectivity index (χ0v) is 11.7. The summed E-state index contributed by atoms with van der Waals surface area (Å²) >= 11 is 0. The van der Waals surface area contributed by atoms with Crippen molar-refractivity contribution in [1.82, 2.24) is 5.32 Å². The Balaban J connectivity index is 1.70. The Labute approximate surface area is 115 Å². The standard InChI is InChI=1S/C17H24FN/c1-19-11-16(13-3-2-4-17(18)10-13)9-15-8-12-5-6-14(15)7-12/h2-4,10,12,14-16,19H,5-9,11H2,1H3. The maximum Gasteiger partial charge on any atom is 0.123 e. The van der Waals surface area contributed by atoms with E-state index in [1.54, 1.807) is 6.07 Å². The van der Waals surface area contributed by atoms with Crippen molar-refractivity contribution in [2.75, 3.05) is 13.6 Å². The van der Waals surface area contributed by atoms with Crippen LogP contribution in [0.2, 0.25) is 0 Å². The third-order valence-corrected chi connectivity index (χ3v) is 5.24. The third kappa shape index (κ3) is 2.84. The predicted octanol–water partition coefficient (Wildman–Crippen LogP) is 3.96. The lowest BCUT2D eigenvalue weighted by Gasteiger charge is -2.27. The highest BCUT2D eigenvalue weighted by Gasteiger charge is 2.40. The van der Waals surface area contributed by atoms with Crippen LogP contribution < -0.4 is 5.32 Å². The maximum atomic E-state index is 13.4. The van der Waals surface area contributed by atoms with Gasteiger partial charge in [0.1, 0.15) is 5.82 Å². The topological polar surface area (TPSA) is 12.0 Å². The molecule has 19 heavy (non-hydrogen) atoms. The SMILES string of the molecule is CNCC(CC1CC2CCC1C2)c1cccc(F)c1. The summed E-state index contributed by atoms with van der Waals surface area (Å²) in [6.45, 7) is 0.956. The highest BCUT2D eigenvalue weighted by molar-refractivity contribution is 5.21. The van der Waals surface area contributed by atoms with E-state index >= 15 is 0 Å². The molecule has 104 valence electrons. The van der Waals surface area contributed by atoms with E-state index in [0.29, 0.717) is 5.92 Å². The Hall–Kier alpha value is -0.890. The second kappa shape index (κ2) is 5.62. The summed E-state index contributed by atoms with van der Waals surface area (Å²) < 4.78 is 13.4. The molecule has 2 aliphatic carbocycles. The van der Waals surface area contributed by atoms with Gasteiger partial charge in [0.25, 0.3) is 0 Å². The minimum Gasteiger partial charge on any atom is -0.319 e. The fraction of sp³-hybridized carbons (Fsp3) is 0.647. The first-order valence-corrected chi connectivity index (χ1v) is 7.66. The van der Waals surface area contributed by atoms with Gasteiger partial charge >= 0.3 is 0 Å². The summed E-state index contributed by atoms with van der Waals surface area (Å²) in [7, 11) is 1.99. The average Bonchev–Trinajstić information content (AvgIpc) is 3.00. The summed E-state index contributed by atoms with van der Waals surface area (Å²) in [5.74, 6) is 3.19. The minimum atomic E-state index is -0.105. The summed E-state index contributed by atoms with van der Waals surface area (Å²) in [4.78, 5) is 0. The number of hydrogen-bond donors (Lipinski definition) is 1. The molecule has 0 spiro atoms. The largest absolute Gasteiger partial charge is 0.319 e. The molecule has 1 aromatic rings. The summed E-state index contributed by atoms with van der Waals surface area (Å²) in [6.07, 6.45) is 6.99. The van der Waals surface area contributed by atoms with Gasteiger partial charge in [0.15, 0.2) is 0 Å². The first-order chi connectivity index (χ1) is 9.26. The molecule has 1 aromatic carbocycles. The lowest BCUT2D eigenvalue weighted by atomic mass is 9.80. The summed E-state index contributed by atoms with van der Waals surface area (Å²) in [6, 6.07) is 7.18. The normalized spacial score (nSPS) is 30.7. The minimum absolute atomic E-state index is 0.105. The van der Waals surface area contributed by atoms with E-state index in [1.165, 1.54) is 38.2 Å². The highest BCUT2D eigenvalue weighted by atomic mass is 19.1. The van der Waals surface area contributed by atoms with Crippen molar-refractivity contribution in [1.29, 1.82) is 0 Å². The van der Waals surface area contributed by atoms with Gasteiger partial charge in [0.2, 0.25) is 0 Å². The van der Waals surface area contributed by atoms with Gasteiger partial charge in [-0.15, -0.1) is 0 Å². The fourth-order valence-electron chi connectivity index (χ4n) is 4.37. The Kier molecular flexibility index (Phi) is 3.88. The zero-order chi connectivity index (χ0) is 13.2. The lowest BCUT2D eigenvalue weighted by Crippen LogP contribution is -2.22.